The third-order valence-electron chi connectivity index (χ3n) is 3.58. The molecule has 0 radical (unpaired) electrons. The molecule has 0 fully saturated rings. The molecule has 4 nitrogen and oxygen atoms in total. The zero-order chi connectivity index (χ0) is 18.4. The Morgan fingerprint density at radius 3 is 2.60 bits per heavy atom. The number of carbonyl (C=O) groups is 1. The topological polar surface area (TPSA) is 47.9 Å². The van der Waals surface area contributed by atoms with Crippen LogP contribution in [0.3, 0.4) is 0 Å². The van der Waals surface area contributed by atoms with Crippen LogP contribution in [-0.2, 0) is 4.74 Å². The van der Waals surface area contributed by atoms with E-state index in [1.807, 2.05) is 26.0 Å². The normalized spacial score (nSPS) is 12.2. The molecule has 0 heterocycles. The third-order valence-corrected chi connectivity index (χ3v) is 4.19. The van der Waals surface area contributed by atoms with Crippen LogP contribution in [0.1, 0.15) is 36.2 Å². The van der Waals surface area contributed by atoms with Crippen LogP contribution < -0.4 is 4.74 Å². The molecular formula is C19H19Cl2NO3. The average molecular weight is 380 g/mol. The molecule has 0 bridgehead atoms. The van der Waals surface area contributed by atoms with Crippen LogP contribution >= 0.6 is 23.2 Å². The Labute approximate surface area is 157 Å². The highest BCUT2D eigenvalue weighted by Gasteiger charge is 2.09. The van der Waals surface area contributed by atoms with E-state index in [0.717, 1.165) is 12.0 Å². The van der Waals surface area contributed by atoms with E-state index in [-0.39, 0.29) is 6.10 Å². The summed E-state index contributed by atoms with van der Waals surface area (Å²) in [7, 11) is 1.32. The van der Waals surface area contributed by atoms with Gasteiger partial charge < -0.3 is 9.47 Å². The van der Waals surface area contributed by atoms with E-state index >= 15 is 0 Å². The number of carbonyl (C=O) groups excluding carboxylic acids is 1. The molecule has 0 amide bonds. The number of esters is 1. The smallest absolute Gasteiger partial charge is 0.337 e. The first-order valence-electron chi connectivity index (χ1n) is 7.82. The van der Waals surface area contributed by atoms with Crippen LogP contribution in [-0.4, -0.2) is 25.4 Å². The number of halogens is 2. The van der Waals surface area contributed by atoms with Crippen molar-refractivity contribution in [3.05, 3.63) is 57.6 Å². The molecule has 2 aromatic carbocycles. The van der Waals surface area contributed by atoms with E-state index in [1.54, 1.807) is 30.5 Å². The second-order valence-electron chi connectivity index (χ2n) is 5.44. The predicted octanol–water partition coefficient (Wildman–Crippen LogP) is 5.71. The van der Waals surface area contributed by atoms with Gasteiger partial charge >= 0.3 is 5.97 Å². The van der Waals surface area contributed by atoms with Crippen molar-refractivity contribution in [3.63, 3.8) is 0 Å². The fraction of sp³-hybridized carbons (Fsp3) is 0.263. The molecule has 6 heteroatoms. The molecular weight excluding hydrogens is 361 g/mol. The summed E-state index contributed by atoms with van der Waals surface area (Å²) in [4.78, 5) is 15.9. The van der Waals surface area contributed by atoms with Gasteiger partial charge in [0, 0.05) is 6.21 Å². The summed E-state index contributed by atoms with van der Waals surface area (Å²) in [6, 6.07) is 10.2. The average Bonchev–Trinajstić information content (AvgIpc) is 2.62. The molecule has 0 N–H and O–H groups in total. The van der Waals surface area contributed by atoms with Gasteiger partial charge in [-0.15, -0.1) is 0 Å². The van der Waals surface area contributed by atoms with Gasteiger partial charge in [0.05, 0.1) is 34.5 Å². The van der Waals surface area contributed by atoms with Crippen LogP contribution in [0.25, 0.3) is 0 Å². The summed E-state index contributed by atoms with van der Waals surface area (Å²) < 4.78 is 10.4. The first-order chi connectivity index (χ1) is 11.9. The van der Waals surface area contributed by atoms with Crippen molar-refractivity contribution in [3.8, 4) is 5.75 Å². The van der Waals surface area contributed by atoms with Crippen LogP contribution in [0.2, 0.25) is 10.0 Å². The van der Waals surface area contributed by atoms with E-state index in [2.05, 4.69) is 4.99 Å². The lowest BCUT2D eigenvalue weighted by molar-refractivity contribution is 0.0601. The molecule has 132 valence electrons. The van der Waals surface area contributed by atoms with E-state index in [9.17, 15) is 4.79 Å². The van der Waals surface area contributed by atoms with Gasteiger partial charge in [-0.2, -0.15) is 0 Å². The first kappa shape index (κ1) is 19.3. The van der Waals surface area contributed by atoms with Gasteiger partial charge in [-0.25, -0.2) is 4.79 Å². The van der Waals surface area contributed by atoms with Gasteiger partial charge in [0.1, 0.15) is 5.75 Å². The number of ether oxygens (including phenoxy) is 2. The highest BCUT2D eigenvalue weighted by molar-refractivity contribution is 6.33. The van der Waals surface area contributed by atoms with E-state index in [4.69, 9.17) is 32.7 Å². The predicted molar refractivity (Wildman–Crippen MR) is 102 cm³/mol. The minimum atomic E-state index is -0.442. The SMILES string of the molecule is CC[C@@H](C)Oc1ccc(C=Nc2cc(C(=O)OC)ccc2Cl)cc1Cl. The van der Waals surface area contributed by atoms with Crippen molar-refractivity contribution in [2.75, 3.05) is 7.11 Å². The lowest BCUT2D eigenvalue weighted by Gasteiger charge is -2.13. The summed E-state index contributed by atoms with van der Waals surface area (Å²) in [5.41, 5.74) is 1.65. The summed E-state index contributed by atoms with van der Waals surface area (Å²) in [6.07, 6.45) is 2.62. The summed E-state index contributed by atoms with van der Waals surface area (Å²) >= 11 is 12.4. The summed E-state index contributed by atoms with van der Waals surface area (Å²) in [5, 5.41) is 0.949. The first-order valence-corrected chi connectivity index (χ1v) is 8.58. The Kier molecular flexibility index (Phi) is 6.85. The fourth-order valence-electron chi connectivity index (χ4n) is 1.99. The largest absolute Gasteiger partial charge is 0.489 e. The van der Waals surface area contributed by atoms with Crippen molar-refractivity contribution in [1.29, 1.82) is 0 Å². The zero-order valence-electron chi connectivity index (χ0n) is 14.3. The van der Waals surface area contributed by atoms with Crippen LogP contribution in [0.4, 0.5) is 5.69 Å². The maximum atomic E-state index is 11.6. The quantitative estimate of drug-likeness (QED) is 0.477. The molecule has 2 aromatic rings. The number of methoxy groups -OCH3 is 1. The second kappa shape index (κ2) is 8.88. The maximum absolute atomic E-state index is 11.6. The van der Waals surface area contributed by atoms with Gasteiger partial charge in [-0.05, 0) is 55.3 Å². The number of aliphatic imine (C=N–C) groups is 1. The summed E-state index contributed by atoms with van der Waals surface area (Å²) in [6.45, 7) is 4.04. The Hall–Kier alpha value is -2.04. The minimum Gasteiger partial charge on any atom is -0.489 e. The minimum absolute atomic E-state index is 0.0943. The van der Waals surface area contributed by atoms with E-state index < -0.39 is 5.97 Å². The monoisotopic (exact) mass is 379 g/mol. The van der Waals surface area contributed by atoms with Crippen molar-refractivity contribution < 1.29 is 14.3 Å². The Morgan fingerprint density at radius 2 is 1.96 bits per heavy atom. The molecule has 0 aliphatic carbocycles. The van der Waals surface area contributed by atoms with Crippen molar-refractivity contribution in [2.45, 2.75) is 26.4 Å². The number of nitrogens with zero attached hydrogens (tertiary/aromatic N) is 1. The van der Waals surface area contributed by atoms with Gasteiger partial charge in [0.2, 0.25) is 0 Å². The Morgan fingerprint density at radius 1 is 1.20 bits per heavy atom. The Balaban J connectivity index is 2.22. The van der Waals surface area contributed by atoms with Gasteiger partial charge in [-0.3, -0.25) is 4.99 Å². The van der Waals surface area contributed by atoms with Crippen LogP contribution in [0.5, 0.6) is 5.75 Å². The molecule has 0 saturated heterocycles. The molecule has 0 unspecified atom stereocenters. The van der Waals surface area contributed by atoms with E-state index in [0.29, 0.717) is 27.0 Å². The van der Waals surface area contributed by atoms with Crippen LogP contribution in [0, 0.1) is 0 Å². The number of hydrogen-bond acceptors (Lipinski definition) is 4. The second-order valence-corrected chi connectivity index (χ2v) is 6.26. The van der Waals surface area contributed by atoms with Crippen molar-refractivity contribution >= 4 is 41.1 Å². The number of rotatable bonds is 6. The molecule has 1 atom stereocenters. The molecule has 0 spiro atoms. The highest BCUT2D eigenvalue weighted by atomic mass is 35.5. The molecule has 0 saturated carbocycles. The molecule has 25 heavy (non-hydrogen) atoms. The van der Waals surface area contributed by atoms with Gasteiger partial charge in [-0.1, -0.05) is 30.1 Å². The fourth-order valence-corrected chi connectivity index (χ4v) is 2.39. The molecule has 0 aromatic heterocycles. The standard InChI is InChI=1S/C19H19Cl2NO3/c1-4-12(2)25-18-8-5-13(9-16(18)21)11-22-17-10-14(19(23)24-3)6-7-15(17)20/h5-12H,4H2,1-3H3/t12-/m1/s1. The lowest BCUT2D eigenvalue weighted by atomic mass is 10.2. The molecule has 0 aliphatic heterocycles. The van der Waals surface area contributed by atoms with E-state index in [1.165, 1.54) is 7.11 Å². The maximum Gasteiger partial charge on any atom is 0.337 e. The zero-order valence-corrected chi connectivity index (χ0v) is 15.8. The summed E-state index contributed by atoms with van der Waals surface area (Å²) in [5.74, 6) is 0.196. The number of benzene rings is 2. The van der Waals surface area contributed by atoms with Crippen molar-refractivity contribution in [1.82, 2.24) is 0 Å². The number of hydrogen-bond donors (Lipinski definition) is 0. The molecule has 2 rings (SSSR count). The van der Waals surface area contributed by atoms with Gasteiger partial charge in [0.15, 0.2) is 0 Å². The molecule has 0 aliphatic rings. The Bertz CT molecular complexity index is 790. The van der Waals surface area contributed by atoms with Crippen molar-refractivity contribution in [2.24, 2.45) is 4.99 Å². The lowest BCUT2D eigenvalue weighted by Crippen LogP contribution is -2.09. The third kappa shape index (κ3) is 5.21. The van der Waals surface area contributed by atoms with Crippen LogP contribution in [0.15, 0.2) is 41.4 Å². The highest BCUT2D eigenvalue weighted by Crippen LogP contribution is 2.28. The van der Waals surface area contributed by atoms with Gasteiger partial charge in [0.25, 0.3) is 0 Å².